The van der Waals surface area contributed by atoms with E-state index in [9.17, 15) is 4.79 Å². The molecule has 2 aromatic heterocycles. The lowest BCUT2D eigenvalue weighted by Crippen LogP contribution is -2.15. The zero-order valence-electron chi connectivity index (χ0n) is 16.6. The fourth-order valence-corrected chi connectivity index (χ4v) is 3.77. The van der Waals surface area contributed by atoms with E-state index in [2.05, 4.69) is 50.5 Å². The molecule has 0 spiro atoms. The maximum Gasteiger partial charge on any atom is 0.277 e. The van der Waals surface area contributed by atoms with Crippen molar-refractivity contribution >= 4 is 39.3 Å². The molecule has 0 saturated carbocycles. The van der Waals surface area contributed by atoms with E-state index < -0.39 is 0 Å². The molecule has 0 saturated heterocycles. The lowest BCUT2D eigenvalue weighted by Gasteiger charge is -2.08. The lowest BCUT2D eigenvalue weighted by molar-refractivity contribution is 0.101. The molecule has 1 amide bonds. The predicted octanol–water partition coefficient (Wildman–Crippen LogP) is 5.14. The van der Waals surface area contributed by atoms with Crippen LogP contribution in [0.1, 0.15) is 21.6 Å². The van der Waals surface area contributed by atoms with E-state index in [1.54, 1.807) is 41.2 Å². The van der Waals surface area contributed by atoms with Crippen molar-refractivity contribution in [3.8, 4) is 5.75 Å². The third-order valence-corrected chi connectivity index (χ3v) is 5.28. The fraction of sp³-hybridized carbons (Fsp3) is 0.136. The molecule has 2 aromatic carbocycles. The third-order valence-electron chi connectivity index (χ3n) is 4.43. The molecule has 0 aliphatic rings. The summed E-state index contributed by atoms with van der Waals surface area (Å²) in [6, 6.07) is 16.8. The van der Waals surface area contributed by atoms with Crippen molar-refractivity contribution in [2.45, 2.75) is 20.2 Å². The molecule has 4 rings (SSSR count). The van der Waals surface area contributed by atoms with Crippen LogP contribution in [0.15, 0.2) is 71.5 Å². The van der Waals surface area contributed by atoms with Gasteiger partial charge in [0.05, 0.1) is 11.0 Å². The summed E-state index contributed by atoms with van der Waals surface area (Å²) < 4.78 is 9.76. The van der Waals surface area contributed by atoms with Gasteiger partial charge in [-0.05, 0) is 52.7 Å². The Labute approximate surface area is 192 Å². The number of aromatic nitrogens is 4. The van der Waals surface area contributed by atoms with Crippen molar-refractivity contribution in [1.82, 2.24) is 19.6 Å². The van der Waals surface area contributed by atoms with Crippen molar-refractivity contribution in [3.05, 3.63) is 93.3 Å². The number of amides is 1. The molecule has 0 atom stereocenters. The van der Waals surface area contributed by atoms with Crippen LogP contribution in [0.5, 0.6) is 5.75 Å². The number of hydrogen-bond acceptors (Lipinski definition) is 4. The minimum Gasteiger partial charge on any atom is -0.470 e. The number of nitrogens with one attached hydrogen (secondary N) is 1. The molecular formula is C22H19BrClN5O2. The van der Waals surface area contributed by atoms with Crippen molar-refractivity contribution in [2.75, 3.05) is 5.32 Å². The highest BCUT2D eigenvalue weighted by Gasteiger charge is 2.12. The first kappa shape index (κ1) is 21.1. The monoisotopic (exact) mass is 499 g/mol. The van der Waals surface area contributed by atoms with Crippen LogP contribution in [0.25, 0.3) is 0 Å². The van der Waals surface area contributed by atoms with Crippen LogP contribution in [-0.4, -0.2) is 25.5 Å². The second-order valence-electron chi connectivity index (χ2n) is 6.93. The van der Waals surface area contributed by atoms with Gasteiger partial charge in [-0.15, -0.1) is 0 Å². The minimum atomic E-state index is -0.341. The molecular weight excluding hydrogens is 482 g/mol. The molecule has 0 radical (unpaired) electrons. The van der Waals surface area contributed by atoms with Gasteiger partial charge in [0.1, 0.15) is 5.75 Å². The Kier molecular flexibility index (Phi) is 6.39. The van der Waals surface area contributed by atoms with E-state index in [-0.39, 0.29) is 18.3 Å². The fourth-order valence-electron chi connectivity index (χ4n) is 2.98. The van der Waals surface area contributed by atoms with Crippen LogP contribution in [0.2, 0.25) is 5.02 Å². The standard InChI is InChI=1S/C22H19BrClN5O2/c1-15-3-2-4-16(11-15)13-28-10-8-21(27-28)25-22(30)19-7-9-29(26-19)14-31-20-6-5-17(24)12-18(20)23/h2-12H,13-14H2,1H3,(H,25,27,30). The number of halogens is 2. The van der Waals surface area contributed by atoms with Crippen LogP contribution in [0.3, 0.4) is 0 Å². The molecule has 0 fully saturated rings. The third kappa shape index (κ3) is 5.53. The number of ether oxygens (including phenoxy) is 1. The first-order valence-electron chi connectivity index (χ1n) is 9.48. The number of carbonyl (C=O) groups excluding carboxylic acids is 1. The summed E-state index contributed by atoms with van der Waals surface area (Å²) in [5.41, 5.74) is 2.61. The highest BCUT2D eigenvalue weighted by atomic mass is 79.9. The van der Waals surface area contributed by atoms with Gasteiger partial charge in [0.25, 0.3) is 5.91 Å². The van der Waals surface area contributed by atoms with Crippen LogP contribution in [0.4, 0.5) is 5.82 Å². The summed E-state index contributed by atoms with van der Waals surface area (Å²) >= 11 is 9.33. The molecule has 0 bridgehead atoms. The Morgan fingerprint density at radius 3 is 2.74 bits per heavy atom. The molecule has 0 aliphatic carbocycles. The summed E-state index contributed by atoms with van der Waals surface area (Å²) in [5.74, 6) is 0.755. The highest BCUT2D eigenvalue weighted by molar-refractivity contribution is 9.10. The molecule has 9 heteroatoms. The Hall–Kier alpha value is -3.10. The van der Waals surface area contributed by atoms with E-state index in [0.29, 0.717) is 23.1 Å². The first-order valence-corrected chi connectivity index (χ1v) is 10.6. The molecule has 2 heterocycles. The summed E-state index contributed by atoms with van der Waals surface area (Å²) in [5, 5.41) is 12.0. The second kappa shape index (κ2) is 9.36. The van der Waals surface area contributed by atoms with E-state index in [1.165, 1.54) is 10.2 Å². The van der Waals surface area contributed by atoms with E-state index in [4.69, 9.17) is 16.3 Å². The van der Waals surface area contributed by atoms with Gasteiger partial charge in [-0.25, -0.2) is 4.68 Å². The van der Waals surface area contributed by atoms with E-state index >= 15 is 0 Å². The minimum absolute atomic E-state index is 0.151. The average molecular weight is 501 g/mol. The van der Waals surface area contributed by atoms with Crippen LogP contribution in [0, 0.1) is 6.92 Å². The molecule has 0 unspecified atom stereocenters. The molecule has 158 valence electrons. The van der Waals surface area contributed by atoms with Gasteiger partial charge in [0.15, 0.2) is 18.2 Å². The number of aryl methyl sites for hydroxylation is 1. The number of anilines is 1. The van der Waals surface area contributed by atoms with Gasteiger partial charge in [0, 0.05) is 23.5 Å². The molecule has 31 heavy (non-hydrogen) atoms. The van der Waals surface area contributed by atoms with Crippen molar-refractivity contribution < 1.29 is 9.53 Å². The zero-order valence-corrected chi connectivity index (χ0v) is 19.0. The Balaban J connectivity index is 1.34. The molecule has 4 aromatic rings. The summed E-state index contributed by atoms with van der Waals surface area (Å²) in [4.78, 5) is 12.5. The molecule has 1 N–H and O–H groups in total. The Morgan fingerprint density at radius 1 is 1.10 bits per heavy atom. The smallest absolute Gasteiger partial charge is 0.277 e. The lowest BCUT2D eigenvalue weighted by atomic mass is 10.1. The number of carbonyl (C=O) groups is 1. The highest BCUT2D eigenvalue weighted by Crippen LogP contribution is 2.28. The normalized spacial score (nSPS) is 10.8. The van der Waals surface area contributed by atoms with Gasteiger partial charge in [0.2, 0.25) is 0 Å². The quantitative estimate of drug-likeness (QED) is 0.381. The van der Waals surface area contributed by atoms with Crippen LogP contribution < -0.4 is 10.1 Å². The van der Waals surface area contributed by atoms with E-state index in [1.807, 2.05) is 18.3 Å². The summed E-state index contributed by atoms with van der Waals surface area (Å²) in [6.07, 6.45) is 3.50. The molecule has 0 aliphatic heterocycles. The van der Waals surface area contributed by atoms with Crippen LogP contribution in [-0.2, 0) is 13.3 Å². The maximum atomic E-state index is 12.5. The van der Waals surface area contributed by atoms with Gasteiger partial charge in [-0.1, -0.05) is 41.4 Å². The topological polar surface area (TPSA) is 74.0 Å². The van der Waals surface area contributed by atoms with Gasteiger partial charge < -0.3 is 10.1 Å². The average Bonchev–Trinajstić information content (AvgIpc) is 3.37. The Morgan fingerprint density at radius 2 is 1.94 bits per heavy atom. The number of hydrogen-bond donors (Lipinski definition) is 1. The van der Waals surface area contributed by atoms with E-state index in [0.717, 1.165) is 10.0 Å². The van der Waals surface area contributed by atoms with Crippen molar-refractivity contribution in [3.63, 3.8) is 0 Å². The Bertz CT molecular complexity index is 1220. The summed E-state index contributed by atoms with van der Waals surface area (Å²) in [7, 11) is 0. The van der Waals surface area contributed by atoms with Crippen molar-refractivity contribution in [1.29, 1.82) is 0 Å². The summed E-state index contributed by atoms with van der Waals surface area (Å²) in [6.45, 7) is 2.83. The number of nitrogens with zero attached hydrogens (tertiary/aromatic N) is 4. The number of benzene rings is 2. The van der Waals surface area contributed by atoms with Gasteiger partial charge in [-0.3, -0.25) is 9.48 Å². The number of rotatable bonds is 7. The maximum absolute atomic E-state index is 12.5. The largest absolute Gasteiger partial charge is 0.470 e. The van der Waals surface area contributed by atoms with Crippen molar-refractivity contribution in [2.24, 2.45) is 0 Å². The molecule has 7 nitrogen and oxygen atoms in total. The van der Waals surface area contributed by atoms with Gasteiger partial charge >= 0.3 is 0 Å². The predicted molar refractivity (Wildman–Crippen MR) is 122 cm³/mol. The van der Waals surface area contributed by atoms with Gasteiger partial charge in [-0.2, -0.15) is 10.2 Å². The first-order chi connectivity index (χ1) is 15.0. The second-order valence-corrected chi connectivity index (χ2v) is 8.22. The van der Waals surface area contributed by atoms with Crippen LogP contribution >= 0.6 is 27.5 Å². The zero-order chi connectivity index (χ0) is 21.8. The SMILES string of the molecule is Cc1cccc(Cn2ccc(NC(=O)c3ccn(COc4ccc(Cl)cc4Br)n3)n2)c1.